The van der Waals surface area contributed by atoms with E-state index in [1.165, 1.54) is 7.11 Å². The van der Waals surface area contributed by atoms with E-state index in [1.54, 1.807) is 18.2 Å². The van der Waals surface area contributed by atoms with Gasteiger partial charge < -0.3 is 20.7 Å². The van der Waals surface area contributed by atoms with Crippen LogP contribution in [0.5, 0.6) is 5.75 Å². The van der Waals surface area contributed by atoms with Gasteiger partial charge in [0.05, 0.1) is 25.3 Å². The van der Waals surface area contributed by atoms with Gasteiger partial charge in [0.1, 0.15) is 5.75 Å². The van der Waals surface area contributed by atoms with E-state index in [2.05, 4.69) is 16.0 Å². The van der Waals surface area contributed by atoms with E-state index in [4.69, 9.17) is 16.3 Å². The highest BCUT2D eigenvalue weighted by molar-refractivity contribution is 6.31. The SMILES string of the molecule is COc1ccc(Cl)cc1NC(=O)C[C@@H]1N[C@@H]2CCCC[C@@H]2NC1=O. The highest BCUT2D eigenvalue weighted by Gasteiger charge is 2.37. The summed E-state index contributed by atoms with van der Waals surface area (Å²) in [7, 11) is 1.53. The van der Waals surface area contributed by atoms with Crippen LogP contribution >= 0.6 is 11.6 Å². The number of halogens is 1. The number of carbonyl (C=O) groups excluding carboxylic acids is 2. The van der Waals surface area contributed by atoms with Gasteiger partial charge in [-0.25, -0.2) is 0 Å². The molecule has 1 aromatic carbocycles. The van der Waals surface area contributed by atoms with E-state index in [0.29, 0.717) is 16.5 Å². The van der Waals surface area contributed by atoms with Gasteiger partial charge in [0.25, 0.3) is 0 Å². The third kappa shape index (κ3) is 3.82. The minimum atomic E-state index is -0.505. The number of anilines is 1. The fourth-order valence-electron chi connectivity index (χ4n) is 3.44. The Morgan fingerprint density at radius 3 is 2.83 bits per heavy atom. The number of benzene rings is 1. The zero-order chi connectivity index (χ0) is 17.1. The number of fused-ring (bicyclic) bond motifs is 1. The first kappa shape index (κ1) is 17.0. The standard InChI is InChI=1S/C17H22ClN3O3/c1-24-15-7-6-10(18)8-13(15)20-16(22)9-14-17(23)21-12-5-3-2-4-11(12)19-14/h6-8,11-12,14,19H,2-5,9H2,1H3,(H,20,22)(H,21,23)/t11-,12+,14+/m1/s1. The van der Waals surface area contributed by atoms with Crippen molar-refractivity contribution in [2.75, 3.05) is 12.4 Å². The van der Waals surface area contributed by atoms with Crippen molar-refractivity contribution in [1.82, 2.24) is 10.6 Å². The molecule has 1 saturated carbocycles. The third-order valence-corrected chi connectivity index (χ3v) is 4.89. The summed E-state index contributed by atoms with van der Waals surface area (Å²) in [5.74, 6) is 0.171. The Balaban J connectivity index is 1.62. The molecule has 1 heterocycles. The molecule has 130 valence electrons. The molecular weight excluding hydrogens is 330 g/mol. The number of nitrogens with one attached hydrogen (secondary N) is 3. The van der Waals surface area contributed by atoms with E-state index in [9.17, 15) is 9.59 Å². The molecule has 2 amide bonds. The maximum atomic E-state index is 12.3. The molecule has 0 spiro atoms. The molecule has 3 atom stereocenters. The molecule has 6 nitrogen and oxygen atoms in total. The third-order valence-electron chi connectivity index (χ3n) is 4.65. The largest absolute Gasteiger partial charge is 0.495 e. The van der Waals surface area contributed by atoms with Gasteiger partial charge in [0.2, 0.25) is 11.8 Å². The maximum absolute atomic E-state index is 12.3. The molecule has 0 bridgehead atoms. The summed E-state index contributed by atoms with van der Waals surface area (Å²) in [5.41, 5.74) is 0.502. The molecule has 0 radical (unpaired) electrons. The minimum absolute atomic E-state index is 0.0741. The summed E-state index contributed by atoms with van der Waals surface area (Å²) in [4.78, 5) is 24.6. The first-order chi connectivity index (χ1) is 11.6. The molecule has 2 aliphatic rings. The summed E-state index contributed by atoms with van der Waals surface area (Å²) < 4.78 is 5.21. The predicted octanol–water partition coefficient (Wildman–Crippen LogP) is 2.08. The van der Waals surface area contributed by atoms with Gasteiger partial charge in [-0.3, -0.25) is 9.59 Å². The molecule has 3 rings (SSSR count). The summed E-state index contributed by atoms with van der Waals surface area (Å²) in [6.07, 6.45) is 4.41. The summed E-state index contributed by atoms with van der Waals surface area (Å²) in [6.45, 7) is 0. The van der Waals surface area contributed by atoms with Gasteiger partial charge in [-0.1, -0.05) is 24.4 Å². The number of piperazine rings is 1. The van der Waals surface area contributed by atoms with Crippen molar-refractivity contribution in [2.45, 2.75) is 50.2 Å². The van der Waals surface area contributed by atoms with Crippen LogP contribution in [0.3, 0.4) is 0 Å². The number of amides is 2. The van der Waals surface area contributed by atoms with E-state index >= 15 is 0 Å². The summed E-state index contributed by atoms with van der Waals surface area (Å²) in [5, 5.41) is 9.65. The number of hydrogen-bond acceptors (Lipinski definition) is 4. The molecule has 0 unspecified atom stereocenters. The minimum Gasteiger partial charge on any atom is -0.495 e. The maximum Gasteiger partial charge on any atom is 0.237 e. The van der Waals surface area contributed by atoms with Gasteiger partial charge in [-0.05, 0) is 31.0 Å². The van der Waals surface area contributed by atoms with Gasteiger partial charge in [0, 0.05) is 17.1 Å². The van der Waals surface area contributed by atoms with Crippen molar-refractivity contribution < 1.29 is 14.3 Å². The van der Waals surface area contributed by atoms with Gasteiger partial charge >= 0.3 is 0 Å². The molecule has 1 saturated heterocycles. The number of hydrogen-bond donors (Lipinski definition) is 3. The van der Waals surface area contributed by atoms with E-state index in [-0.39, 0.29) is 30.3 Å². The van der Waals surface area contributed by atoms with Crippen LogP contribution in [-0.4, -0.2) is 37.0 Å². The average molecular weight is 352 g/mol. The quantitative estimate of drug-likeness (QED) is 0.776. The summed E-state index contributed by atoms with van der Waals surface area (Å²) >= 11 is 5.97. The normalized spacial score (nSPS) is 26.2. The Morgan fingerprint density at radius 1 is 1.33 bits per heavy atom. The molecule has 2 fully saturated rings. The van der Waals surface area contributed by atoms with Crippen LogP contribution in [0.1, 0.15) is 32.1 Å². The van der Waals surface area contributed by atoms with Gasteiger partial charge in [-0.15, -0.1) is 0 Å². The van der Waals surface area contributed by atoms with Gasteiger partial charge in [-0.2, -0.15) is 0 Å². The van der Waals surface area contributed by atoms with E-state index in [1.807, 2.05) is 0 Å². The predicted molar refractivity (Wildman–Crippen MR) is 92.4 cm³/mol. The zero-order valence-electron chi connectivity index (χ0n) is 13.6. The first-order valence-corrected chi connectivity index (χ1v) is 8.64. The average Bonchev–Trinajstić information content (AvgIpc) is 2.55. The van der Waals surface area contributed by atoms with Crippen LogP contribution in [0.4, 0.5) is 5.69 Å². The Bertz CT molecular complexity index is 638. The number of rotatable bonds is 4. The fraction of sp³-hybridized carbons (Fsp3) is 0.529. The molecule has 1 aliphatic carbocycles. The van der Waals surface area contributed by atoms with Crippen LogP contribution < -0.4 is 20.7 Å². The number of methoxy groups -OCH3 is 1. The van der Waals surface area contributed by atoms with E-state index < -0.39 is 6.04 Å². The van der Waals surface area contributed by atoms with Crippen molar-refractivity contribution in [1.29, 1.82) is 0 Å². The van der Waals surface area contributed by atoms with Crippen molar-refractivity contribution in [3.8, 4) is 5.75 Å². The Kier molecular flexibility index (Phi) is 5.26. The van der Waals surface area contributed by atoms with Crippen LogP contribution in [0.15, 0.2) is 18.2 Å². The van der Waals surface area contributed by atoms with Crippen molar-refractivity contribution in [3.63, 3.8) is 0 Å². The smallest absolute Gasteiger partial charge is 0.237 e. The second-order valence-electron chi connectivity index (χ2n) is 6.32. The van der Waals surface area contributed by atoms with E-state index in [0.717, 1.165) is 25.7 Å². The van der Waals surface area contributed by atoms with Crippen molar-refractivity contribution >= 4 is 29.1 Å². The molecule has 7 heteroatoms. The molecule has 3 N–H and O–H groups in total. The van der Waals surface area contributed by atoms with Crippen molar-refractivity contribution in [2.24, 2.45) is 0 Å². The number of carbonyl (C=O) groups is 2. The van der Waals surface area contributed by atoms with Crippen LogP contribution in [0.2, 0.25) is 5.02 Å². The zero-order valence-corrected chi connectivity index (χ0v) is 14.4. The Hall–Kier alpha value is -1.79. The summed E-state index contributed by atoms with van der Waals surface area (Å²) in [6, 6.07) is 4.96. The highest BCUT2D eigenvalue weighted by Crippen LogP contribution is 2.28. The van der Waals surface area contributed by atoms with Crippen molar-refractivity contribution in [3.05, 3.63) is 23.2 Å². The fourth-order valence-corrected chi connectivity index (χ4v) is 3.61. The lowest BCUT2D eigenvalue weighted by Crippen LogP contribution is -2.65. The van der Waals surface area contributed by atoms with Crippen LogP contribution in [-0.2, 0) is 9.59 Å². The Labute approximate surface area is 146 Å². The topological polar surface area (TPSA) is 79.5 Å². The first-order valence-electron chi connectivity index (χ1n) is 8.26. The molecular formula is C17H22ClN3O3. The Morgan fingerprint density at radius 2 is 2.08 bits per heavy atom. The highest BCUT2D eigenvalue weighted by atomic mass is 35.5. The lowest BCUT2D eigenvalue weighted by atomic mass is 9.87. The molecule has 0 aromatic heterocycles. The van der Waals surface area contributed by atoms with Gasteiger partial charge in [0.15, 0.2) is 0 Å². The van der Waals surface area contributed by atoms with Crippen LogP contribution in [0.25, 0.3) is 0 Å². The lowest BCUT2D eigenvalue weighted by molar-refractivity contribution is -0.129. The second-order valence-corrected chi connectivity index (χ2v) is 6.76. The number of ether oxygens (including phenoxy) is 1. The molecule has 24 heavy (non-hydrogen) atoms. The molecule has 1 aromatic rings. The lowest BCUT2D eigenvalue weighted by Gasteiger charge is -2.40. The second kappa shape index (κ2) is 7.40. The van der Waals surface area contributed by atoms with Crippen LogP contribution in [0, 0.1) is 0 Å². The monoisotopic (exact) mass is 351 g/mol. The molecule has 1 aliphatic heterocycles.